The Labute approximate surface area is 120 Å². The Bertz CT molecular complexity index is 743. The lowest BCUT2D eigenvalue weighted by molar-refractivity contribution is 0.0697. The van der Waals surface area contributed by atoms with Gasteiger partial charge in [0.2, 0.25) is 0 Å². The van der Waals surface area contributed by atoms with E-state index in [2.05, 4.69) is 0 Å². The van der Waals surface area contributed by atoms with E-state index in [1.54, 1.807) is 12.1 Å². The number of fused-ring (bicyclic) bond motifs is 1. The maximum Gasteiger partial charge on any atom is 0.335 e. The minimum atomic E-state index is -1.06. The zero-order chi connectivity index (χ0) is 15.0. The van der Waals surface area contributed by atoms with Gasteiger partial charge in [0.25, 0.3) is 0 Å². The predicted molar refractivity (Wildman–Crippen MR) is 75.2 cm³/mol. The fourth-order valence-electron chi connectivity index (χ4n) is 2.65. The van der Waals surface area contributed by atoms with E-state index in [9.17, 15) is 13.6 Å². The van der Waals surface area contributed by atoms with Gasteiger partial charge < -0.3 is 5.11 Å². The summed E-state index contributed by atoms with van der Waals surface area (Å²) >= 11 is 0. The average Bonchev–Trinajstić information content (AvgIpc) is 2.46. The quantitative estimate of drug-likeness (QED) is 0.904. The van der Waals surface area contributed by atoms with Gasteiger partial charge in [-0.15, -0.1) is 0 Å². The number of allylic oxidation sites excluding steroid dienone is 1. The Morgan fingerprint density at radius 2 is 1.81 bits per heavy atom. The lowest BCUT2D eigenvalue weighted by Gasteiger charge is -2.19. The lowest BCUT2D eigenvalue weighted by atomic mass is 9.85. The highest BCUT2D eigenvalue weighted by Crippen LogP contribution is 2.34. The summed E-state index contributed by atoms with van der Waals surface area (Å²) in [7, 11) is 0. The van der Waals surface area contributed by atoms with Gasteiger partial charge in [-0.1, -0.05) is 18.2 Å². The molecule has 2 nitrogen and oxygen atoms in total. The minimum absolute atomic E-state index is 0.0963. The fraction of sp³-hybridized carbons (Fsp3) is 0.118. The summed E-state index contributed by atoms with van der Waals surface area (Å²) in [6.07, 6.45) is 3.16. The molecule has 21 heavy (non-hydrogen) atoms. The Hall–Kier alpha value is -2.49. The van der Waals surface area contributed by atoms with Crippen molar-refractivity contribution in [1.29, 1.82) is 0 Å². The Morgan fingerprint density at radius 3 is 2.48 bits per heavy atom. The molecule has 3 rings (SSSR count). The first-order valence-corrected chi connectivity index (χ1v) is 6.59. The highest BCUT2D eigenvalue weighted by molar-refractivity contribution is 5.91. The van der Waals surface area contributed by atoms with Crippen molar-refractivity contribution in [3.8, 4) is 0 Å². The van der Waals surface area contributed by atoms with Crippen LogP contribution in [0.15, 0.2) is 42.5 Å². The zero-order valence-corrected chi connectivity index (χ0v) is 11.1. The molecule has 0 radical (unpaired) electrons. The van der Waals surface area contributed by atoms with Crippen LogP contribution in [0.5, 0.6) is 0 Å². The van der Waals surface area contributed by atoms with Crippen molar-refractivity contribution >= 4 is 11.5 Å². The highest BCUT2D eigenvalue weighted by atomic mass is 19.1. The van der Waals surface area contributed by atoms with Crippen molar-refractivity contribution in [3.63, 3.8) is 0 Å². The third-order valence-corrected chi connectivity index (χ3v) is 3.64. The van der Waals surface area contributed by atoms with Crippen molar-refractivity contribution in [2.45, 2.75) is 12.8 Å². The number of carbonyl (C=O) groups is 1. The topological polar surface area (TPSA) is 37.3 Å². The van der Waals surface area contributed by atoms with Crippen LogP contribution in [0.3, 0.4) is 0 Å². The van der Waals surface area contributed by atoms with Gasteiger partial charge in [-0.2, -0.15) is 0 Å². The Balaban J connectivity index is 2.21. The number of hydrogen-bond donors (Lipinski definition) is 1. The lowest BCUT2D eigenvalue weighted by Crippen LogP contribution is -2.07. The molecule has 0 saturated carbocycles. The van der Waals surface area contributed by atoms with Gasteiger partial charge in [-0.3, -0.25) is 0 Å². The van der Waals surface area contributed by atoms with Crippen LogP contribution in [0.4, 0.5) is 8.78 Å². The second-order valence-electron chi connectivity index (χ2n) is 4.93. The summed E-state index contributed by atoms with van der Waals surface area (Å²) < 4.78 is 28.0. The third kappa shape index (κ3) is 2.33. The number of aryl methyl sites for hydroxylation is 1. The van der Waals surface area contributed by atoms with Crippen molar-refractivity contribution in [2.24, 2.45) is 0 Å². The van der Waals surface area contributed by atoms with Crippen LogP contribution in [0.25, 0.3) is 5.57 Å². The summed E-state index contributed by atoms with van der Waals surface area (Å²) in [4.78, 5) is 11.1. The third-order valence-electron chi connectivity index (χ3n) is 3.64. The normalized spacial score (nSPS) is 13.5. The number of hydrogen-bond acceptors (Lipinski definition) is 1. The first-order chi connectivity index (χ1) is 10.1. The van der Waals surface area contributed by atoms with E-state index in [1.807, 2.05) is 0 Å². The molecule has 0 aromatic heterocycles. The van der Waals surface area contributed by atoms with Gasteiger partial charge in [-0.05, 0) is 53.8 Å². The molecule has 0 heterocycles. The monoisotopic (exact) mass is 286 g/mol. The summed E-state index contributed by atoms with van der Waals surface area (Å²) in [5.41, 5.74) is 1.93. The van der Waals surface area contributed by atoms with E-state index in [-0.39, 0.29) is 11.1 Å². The Morgan fingerprint density at radius 1 is 1.10 bits per heavy atom. The van der Waals surface area contributed by atoms with E-state index < -0.39 is 17.6 Å². The van der Waals surface area contributed by atoms with Crippen LogP contribution in [-0.2, 0) is 6.42 Å². The van der Waals surface area contributed by atoms with Gasteiger partial charge >= 0.3 is 5.97 Å². The second kappa shape index (κ2) is 5.13. The minimum Gasteiger partial charge on any atom is -0.478 e. The molecule has 0 unspecified atom stereocenters. The molecule has 1 N–H and O–H groups in total. The zero-order valence-electron chi connectivity index (χ0n) is 11.1. The number of rotatable bonds is 2. The van der Waals surface area contributed by atoms with Gasteiger partial charge in [0, 0.05) is 0 Å². The van der Waals surface area contributed by atoms with Crippen LogP contribution in [-0.4, -0.2) is 11.1 Å². The SMILES string of the molecule is O=C(O)c1ccc2c(c1)C(c1c(F)cccc1F)=CCC2. The predicted octanol–water partition coefficient (Wildman–Crippen LogP) is 4.04. The van der Waals surface area contributed by atoms with E-state index >= 15 is 0 Å². The number of benzene rings is 2. The molecule has 0 aliphatic heterocycles. The van der Waals surface area contributed by atoms with Crippen LogP contribution in [0.2, 0.25) is 0 Å². The second-order valence-corrected chi connectivity index (χ2v) is 4.93. The van der Waals surface area contributed by atoms with Gasteiger partial charge in [0.1, 0.15) is 11.6 Å². The van der Waals surface area contributed by atoms with E-state index in [1.165, 1.54) is 30.3 Å². The van der Waals surface area contributed by atoms with E-state index in [4.69, 9.17) is 5.11 Å². The molecule has 1 aliphatic carbocycles. The number of carboxylic acid groups (broad SMARTS) is 1. The molecule has 0 saturated heterocycles. The maximum absolute atomic E-state index is 14.0. The van der Waals surface area contributed by atoms with E-state index in [0.717, 1.165) is 12.0 Å². The van der Waals surface area contributed by atoms with Crippen LogP contribution in [0.1, 0.15) is 33.5 Å². The molecular formula is C17H12F2O2. The first-order valence-electron chi connectivity index (χ1n) is 6.59. The molecule has 2 aromatic rings. The van der Waals surface area contributed by atoms with Gasteiger partial charge in [0.05, 0.1) is 11.1 Å². The summed E-state index contributed by atoms with van der Waals surface area (Å²) in [5, 5.41) is 9.08. The summed E-state index contributed by atoms with van der Waals surface area (Å²) in [6, 6.07) is 8.43. The first kappa shape index (κ1) is 13.5. The van der Waals surface area contributed by atoms with Crippen molar-refractivity contribution in [2.75, 3.05) is 0 Å². The number of halogens is 2. The van der Waals surface area contributed by atoms with Gasteiger partial charge in [-0.25, -0.2) is 13.6 Å². The summed E-state index contributed by atoms with van der Waals surface area (Å²) in [6.45, 7) is 0. The van der Waals surface area contributed by atoms with E-state index in [0.29, 0.717) is 17.6 Å². The number of carboxylic acids is 1. The summed E-state index contributed by atoms with van der Waals surface area (Å²) in [5.74, 6) is -2.35. The molecule has 2 aromatic carbocycles. The van der Waals surface area contributed by atoms with Crippen molar-refractivity contribution in [3.05, 3.63) is 76.4 Å². The molecule has 0 amide bonds. The van der Waals surface area contributed by atoms with Crippen molar-refractivity contribution in [1.82, 2.24) is 0 Å². The molecule has 0 fully saturated rings. The molecule has 0 bridgehead atoms. The standard InChI is InChI=1S/C17H12F2O2/c18-14-5-2-6-15(19)16(14)12-4-1-3-10-7-8-11(17(20)21)9-13(10)12/h2,4-9H,1,3H2,(H,20,21). The highest BCUT2D eigenvalue weighted by Gasteiger charge is 2.21. The molecule has 1 aliphatic rings. The van der Waals surface area contributed by atoms with Crippen molar-refractivity contribution < 1.29 is 18.7 Å². The van der Waals surface area contributed by atoms with Gasteiger partial charge in [0.15, 0.2) is 0 Å². The smallest absolute Gasteiger partial charge is 0.335 e. The largest absolute Gasteiger partial charge is 0.478 e. The van der Waals surface area contributed by atoms with Crippen LogP contribution in [0, 0.1) is 11.6 Å². The fourth-order valence-corrected chi connectivity index (χ4v) is 2.65. The molecular weight excluding hydrogens is 274 g/mol. The number of aromatic carboxylic acids is 1. The average molecular weight is 286 g/mol. The molecule has 0 atom stereocenters. The Kier molecular flexibility index (Phi) is 3.29. The molecule has 0 spiro atoms. The van der Waals surface area contributed by atoms with Crippen LogP contribution < -0.4 is 0 Å². The molecule has 106 valence electrons. The van der Waals surface area contributed by atoms with Crippen LogP contribution >= 0.6 is 0 Å². The maximum atomic E-state index is 14.0. The molecule has 4 heteroatoms.